The van der Waals surface area contributed by atoms with E-state index >= 15 is 0 Å². The lowest BCUT2D eigenvalue weighted by atomic mass is 9.54. The highest BCUT2D eigenvalue weighted by Gasteiger charge is 2.52. The van der Waals surface area contributed by atoms with Crippen molar-refractivity contribution in [2.24, 2.45) is 17.3 Å². The van der Waals surface area contributed by atoms with Gasteiger partial charge in [-0.05, 0) is 53.7 Å². The maximum Gasteiger partial charge on any atom is 0.0887 e. The lowest BCUT2D eigenvalue weighted by molar-refractivity contribution is -0.0818. The quantitative estimate of drug-likeness (QED) is 0.742. The van der Waals surface area contributed by atoms with Crippen LogP contribution in [0.25, 0.3) is 6.08 Å². The summed E-state index contributed by atoms with van der Waals surface area (Å²) in [6, 6.07) is 8.59. The SMILES string of the molecule is CC1CC2Cc3ccccc3C=C2C(C)(O)C1(C)C. The molecule has 0 radical (unpaired) electrons. The Morgan fingerprint density at radius 1 is 1.16 bits per heavy atom. The monoisotopic (exact) mass is 256 g/mol. The molecule has 1 fully saturated rings. The standard InChI is InChI=1S/C18H24O/c1-12-9-15-10-13-7-5-6-8-14(13)11-16(15)18(4,19)17(12,2)3/h5-8,11-12,15,19H,9-10H2,1-4H3. The highest BCUT2D eigenvalue weighted by atomic mass is 16.3. The Bertz CT molecular complexity index is 536. The Morgan fingerprint density at radius 3 is 2.58 bits per heavy atom. The van der Waals surface area contributed by atoms with Gasteiger partial charge in [0.1, 0.15) is 0 Å². The average Bonchev–Trinajstić information content (AvgIpc) is 2.36. The van der Waals surface area contributed by atoms with Crippen molar-refractivity contribution in [3.05, 3.63) is 41.0 Å². The van der Waals surface area contributed by atoms with Crippen LogP contribution in [0.5, 0.6) is 0 Å². The Labute approximate surface area is 116 Å². The van der Waals surface area contributed by atoms with Crippen LogP contribution in [0, 0.1) is 17.3 Å². The maximum atomic E-state index is 11.1. The van der Waals surface area contributed by atoms with Crippen molar-refractivity contribution < 1.29 is 5.11 Å². The summed E-state index contributed by atoms with van der Waals surface area (Å²) in [4.78, 5) is 0. The fourth-order valence-electron chi connectivity index (χ4n) is 3.84. The van der Waals surface area contributed by atoms with Crippen molar-refractivity contribution in [1.82, 2.24) is 0 Å². The van der Waals surface area contributed by atoms with E-state index in [9.17, 15) is 5.11 Å². The summed E-state index contributed by atoms with van der Waals surface area (Å²) in [6.07, 6.45) is 4.51. The molecule has 102 valence electrons. The number of benzene rings is 1. The number of hydrogen-bond donors (Lipinski definition) is 1. The van der Waals surface area contributed by atoms with E-state index < -0.39 is 5.60 Å². The van der Waals surface area contributed by atoms with Crippen molar-refractivity contribution in [3.8, 4) is 0 Å². The molecule has 0 spiro atoms. The van der Waals surface area contributed by atoms with E-state index in [-0.39, 0.29) is 5.41 Å². The molecule has 1 aromatic carbocycles. The second-order valence-corrected chi connectivity index (χ2v) is 7.13. The third-order valence-corrected chi connectivity index (χ3v) is 5.96. The predicted octanol–water partition coefficient (Wildman–Crippen LogP) is 4.06. The van der Waals surface area contributed by atoms with Gasteiger partial charge in [-0.1, -0.05) is 51.1 Å². The minimum absolute atomic E-state index is 0.0678. The second kappa shape index (κ2) is 3.96. The first-order chi connectivity index (χ1) is 8.84. The van der Waals surface area contributed by atoms with Gasteiger partial charge in [0.15, 0.2) is 0 Å². The summed E-state index contributed by atoms with van der Waals surface area (Å²) in [5.41, 5.74) is 3.19. The maximum absolute atomic E-state index is 11.1. The van der Waals surface area contributed by atoms with Crippen LogP contribution in [0.2, 0.25) is 0 Å². The summed E-state index contributed by atoms with van der Waals surface area (Å²) in [5.74, 6) is 1.04. The Morgan fingerprint density at radius 2 is 1.84 bits per heavy atom. The van der Waals surface area contributed by atoms with Gasteiger partial charge in [0, 0.05) is 0 Å². The van der Waals surface area contributed by atoms with Crippen molar-refractivity contribution in [2.75, 3.05) is 0 Å². The highest BCUT2D eigenvalue weighted by Crippen LogP contribution is 2.54. The summed E-state index contributed by atoms with van der Waals surface area (Å²) < 4.78 is 0. The largest absolute Gasteiger partial charge is 0.385 e. The molecule has 0 aromatic heterocycles. The zero-order valence-electron chi connectivity index (χ0n) is 12.4. The van der Waals surface area contributed by atoms with E-state index in [4.69, 9.17) is 0 Å². The van der Waals surface area contributed by atoms with Gasteiger partial charge in [-0.25, -0.2) is 0 Å². The number of aliphatic hydroxyl groups is 1. The fourth-order valence-corrected chi connectivity index (χ4v) is 3.84. The molecule has 3 unspecified atom stereocenters. The fraction of sp³-hybridized carbons (Fsp3) is 0.556. The summed E-state index contributed by atoms with van der Waals surface area (Å²) in [5, 5.41) is 11.1. The van der Waals surface area contributed by atoms with E-state index in [0.717, 1.165) is 6.42 Å². The zero-order valence-corrected chi connectivity index (χ0v) is 12.4. The van der Waals surface area contributed by atoms with E-state index in [0.29, 0.717) is 11.8 Å². The van der Waals surface area contributed by atoms with Gasteiger partial charge in [0.25, 0.3) is 0 Å². The molecule has 2 aliphatic rings. The van der Waals surface area contributed by atoms with Crippen LogP contribution >= 0.6 is 0 Å². The van der Waals surface area contributed by atoms with Gasteiger partial charge in [-0.2, -0.15) is 0 Å². The minimum atomic E-state index is -0.705. The first-order valence-corrected chi connectivity index (χ1v) is 7.36. The van der Waals surface area contributed by atoms with Gasteiger partial charge >= 0.3 is 0 Å². The van der Waals surface area contributed by atoms with Crippen molar-refractivity contribution >= 4 is 6.08 Å². The van der Waals surface area contributed by atoms with Gasteiger partial charge in [-0.3, -0.25) is 0 Å². The van der Waals surface area contributed by atoms with Crippen LogP contribution in [0.4, 0.5) is 0 Å². The van der Waals surface area contributed by atoms with Crippen LogP contribution in [-0.4, -0.2) is 10.7 Å². The molecule has 3 rings (SSSR count). The Hall–Kier alpha value is -1.08. The van der Waals surface area contributed by atoms with Crippen LogP contribution < -0.4 is 0 Å². The summed E-state index contributed by atoms with van der Waals surface area (Å²) in [7, 11) is 0. The highest BCUT2D eigenvalue weighted by molar-refractivity contribution is 5.63. The zero-order chi connectivity index (χ0) is 13.8. The van der Waals surface area contributed by atoms with Crippen LogP contribution in [-0.2, 0) is 6.42 Å². The number of rotatable bonds is 0. The first-order valence-electron chi connectivity index (χ1n) is 7.36. The van der Waals surface area contributed by atoms with Gasteiger partial charge in [0.05, 0.1) is 5.60 Å². The Balaban J connectivity index is 2.13. The molecule has 1 saturated carbocycles. The van der Waals surface area contributed by atoms with Crippen molar-refractivity contribution in [3.63, 3.8) is 0 Å². The summed E-state index contributed by atoms with van der Waals surface area (Å²) in [6.45, 7) is 8.70. The molecule has 3 atom stereocenters. The van der Waals surface area contributed by atoms with Crippen molar-refractivity contribution in [1.29, 1.82) is 0 Å². The molecule has 0 bridgehead atoms. The molecule has 19 heavy (non-hydrogen) atoms. The lowest BCUT2D eigenvalue weighted by Crippen LogP contribution is -2.54. The normalized spacial score (nSPS) is 36.2. The molecule has 1 nitrogen and oxygen atoms in total. The average molecular weight is 256 g/mol. The third-order valence-electron chi connectivity index (χ3n) is 5.96. The number of hydrogen-bond acceptors (Lipinski definition) is 1. The molecular weight excluding hydrogens is 232 g/mol. The second-order valence-electron chi connectivity index (χ2n) is 7.13. The molecule has 1 aromatic rings. The van der Waals surface area contributed by atoms with Crippen LogP contribution in [0.1, 0.15) is 45.2 Å². The van der Waals surface area contributed by atoms with E-state index in [2.05, 4.69) is 51.1 Å². The molecule has 0 heterocycles. The first kappa shape index (κ1) is 12.9. The molecule has 1 N–H and O–H groups in total. The predicted molar refractivity (Wildman–Crippen MR) is 79.8 cm³/mol. The number of fused-ring (bicyclic) bond motifs is 2. The smallest absolute Gasteiger partial charge is 0.0887 e. The Kier molecular flexibility index (Phi) is 2.69. The topological polar surface area (TPSA) is 20.2 Å². The van der Waals surface area contributed by atoms with Crippen LogP contribution in [0.3, 0.4) is 0 Å². The summed E-state index contributed by atoms with van der Waals surface area (Å²) >= 11 is 0. The van der Waals surface area contributed by atoms with Crippen molar-refractivity contribution in [2.45, 2.75) is 46.1 Å². The molecule has 0 saturated heterocycles. The van der Waals surface area contributed by atoms with E-state index in [1.165, 1.54) is 23.1 Å². The van der Waals surface area contributed by atoms with E-state index in [1.54, 1.807) is 0 Å². The van der Waals surface area contributed by atoms with Gasteiger partial charge in [0.2, 0.25) is 0 Å². The lowest BCUT2D eigenvalue weighted by Gasteiger charge is -2.54. The molecule has 1 heteroatoms. The molecular formula is C18H24O. The van der Waals surface area contributed by atoms with Crippen LogP contribution in [0.15, 0.2) is 29.8 Å². The third kappa shape index (κ3) is 1.71. The van der Waals surface area contributed by atoms with Gasteiger partial charge in [-0.15, -0.1) is 0 Å². The molecule has 0 aliphatic heterocycles. The molecule has 2 aliphatic carbocycles. The van der Waals surface area contributed by atoms with E-state index in [1.807, 2.05) is 6.92 Å². The minimum Gasteiger partial charge on any atom is -0.385 e. The van der Waals surface area contributed by atoms with Gasteiger partial charge < -0.3 is 5.11 Å². The molecule has 0 amide bonds.